The van der Waals surface area contributed by atoms with Crippen molar-refractivity contribution in [2.45, 2.75) is 33.2 Å². The predicted molar refractivity (Wildman–Crippen MR) is 146 cm³/mol. The van der Waals surface area contributed by atoms with Gasteiger partial charge in [-0.2, -0.15) is 0 Å². The molecule has 1 amide bonds. The van der Waals surface area contributed by atoms with Gasteiger partial charge in [-0.05, 0) is 51.5 Å². The molecule has 5 rings (SSSR count). The van der Waals surface area contributed by atoms with Gasteiger partial charge in [0.25, 0.3) is 5.91 Å². The third-order valence-electron chi connectivity index (χ3n) is 7.63. The lowest BCUT2D eigenvalue weighted by Crippen LogP contribution is -2.47. The number of carbonyl (C=O) groups is 1. The highest BCUT2D eigenvalue weighted by molar-refractivity contribution is 6.02. The molecule has 1 spiro atoms. The van der Waals surface area contributed by atoms with Crippen molar-refractivity contribution in [3.05, 3.63) is 82.9 Å². The summed E-state index contributed by atoms with van der Waals surface area (Å²) in [6.45, 7) is 12.4. The maximum atomic E-state index is 13.8. The van der Waals surface area contributed by atoms with Crippen LogP contribution in [0.3, 0.4) is 0 Å². The second kappa shape index (κ2) is 9.28. The number of rotatable bonds is 7. The number of carbonyl (C=O) groups excluding carboxylic acids is 1. The number of terminal acetylenes is 1. The molecule has 3 aromatic carbocycles. The highest BCUT2D eigenvalue weighted by Gasteiger charge is 2.56. The van der Waals surface area contributed by atoms with E-state index in [2.05, 4.69) is 85.9 Å². The van der Waals surface area contributed by atoms with Crippen molar-refractivity contribution in [3.63, 3.8) is 0 Å². The number of hydrogen-bond donors (Lipinski definition) is 0. The molecule has 0 unspecified atom stereocenters. The van der Waals surface area contributed by atoms with Crippen LogP contribution in [0.15, 0.2) is 60.7 Å². The maximum Gasteiger partial charge on any atom is 0.256 e. The molecule has 2 aliphatic heterocycles. The van der Waals surface area contributed by atoms with Crippen LogP contribution in [0.4, 0.5) is 11.4 Å². The molecular weight excluding hydrogens is 446 g/mol. The molecule has 2 aliphatic rings. The summed E-state index contributed by atoms with van der Waals surface area (Å²) >= 11 is 0. The molecule has 0 fully saturated rings. The molecule has 0 radical (unpaired) electrons. The Kier molecular flexibility index (Phi) is 6.14. The van der Waals surface area contributed by atoms with Crippen molar-refractivity contribution in [1.29, 1.82) is 0 Å². The van der Waals surface area contributed by atoms with Gasteiger partial charge in [0.15, 0.2) is 0 Å². The standard InChI is InChI=1S/C31H33N3O2/c1-6-19-34-30(35)24-13-11-12-14-25(24)31(34)26-17-15-22(32(7-2)8-3)20-28(26)36-29-21-23(16-18-27(29)31)33(9-4)10-5/h1,11-18,20-21H,7-10,19H2,2-5H3. The Morgan fingerprint density at radius 1 is 0.806 bits per heavy atom. The van der Waals surface area contributed by atoms with Gasteiger partial charge in [0, 0.05) is 66.4 Å². The van der Waals surface area contributed by atoms with Gasteiger partial charge in [0.2, 0.25) is 0 Å². The van der Waals surface area contributed by atoms with E-state index in [0.29, 0.717) is 5.56 Å². The van der Waals surface area contributed by atoms with Crippen molar-refractivity contribution in [2.24, 2.45) is 0 Å². The van der Waals surface area contributed by atoms with Gasteiger partial charge in [0.1, 0.15) is 17.0 Å². The van der Waals surface area contributed by atoms with E-state index in [1.165, 1.54) is 0 Å². The fraction of sp³-hybridized carbons (Fsp3) is 0.323. The van der Waals surface area contributed by atoms with E-state index in [0.717, 1.165) is 65.7 Å². The van der Waals surface area contributed by atoms with E-state index in [4.69, 9.17) is 11.2 Å². The summed E-state index contributed by atoms with van der Waals surface area (Å²) < 4.78 is 6.66. The number of amides is 1. The summed E-state index contributed by atoms with van der Waals surface area (Å²) in [7, 11) is 0. The number of anilines is 2. The maximum absolute atomic E-state index is 13.8. The lowest BCUT2D eigenvalue weighted by Gasteiger charge is -2.44. The first-order valence-electron chi connectivity index (χ1n) is 12.9. The minimum Gasteiger partial charge on any atom is -0.456 e. The lowest BCUT2D eigenvalue weighted by molar-refractivity contribution is 0.0699. The van der Waals surface area contributed by atoms with Crippen LogP contribution in [0, 0.1) is 12.3 Å². The van der Waals surface area contributed by atoms with Crippen LogP contribution >= 0.6 is 0 Å². The Morgan fingerprint density at radius 2 is 1.33 bits per heavy atom. The monoisotopic (exact) mass is 479 g/mol. The van der Waals surface area contributed by atoms with Crippen LogP contribution in [0.1, 0.15) is 54.7 Å². The van der Waals surface area contributed by atoms with Crippen LogP contribution < -0.4 is 14.5 Å². The highest BCUT2D eigenvalue weighted by Crippen LogP contribution is 2.58. The molecule has 0 aliphatic carbocycles. The van der Waals surface area contributed by atoms with Crippen molar-refractivity contribution < 1.29 is 9.53 Å². The zero-order valence-corrected chi connectivity index (χ0v) is 21.5. The Hall–Kier alpha value is -3.91. The van der Waals surface area contributed by atoms with Crippen molar-refractivity contribution in [3.8, 4) is 23.8 Å². The van der Waals surface area contributed by atoms with Gasteiger partial charge < -0.3 is 19.4 Å². The lowest BCUT2D eigenvalue weighted by atomic mass is 9.74. The summed E-state index contributed by atoms with van der Waals surface area (Å²) in [4.78, 5) is 20.2. The molecular formula is C31H33N3O2. The number of benzene rings is 3. The van der Waals surface area contributed by atoms with Gasteiger partial charge in [-0.15, -0.1) is 6.42 Å². The summed E-state index contributed by atoms with van der Waals surface area (Å²) in [6, 6.07) is 20.6. The summed E-state index contributed by atoms with van der Waals surface area (Å²) in [5.74, 6) is 4.22. The fourth-order valence-electron chi connectivity index (χ4n) is 5.91. The molecule has 0 atom stereocenters. The molecule has 0 aromatic heterocycles. The largest absolute Gasteiger partial charge is 0.456 e. The Morgan fingerprint density at radius 3 is 1.83 bits per heavy atom. The van der Waals surface area contributed by atoms with E-state index >= 15 is 0 Å². The molecule has 36 heavy (non-hydrogen) atoms. The van der Waals surface area contributed by atoms with Crippen LogP contribution in [0.25, 0.3) is 0 Å². The van der Waals surface area contributed by atoms with Crippen LogP contribution in [-0.4, -0.2) is 43.5 Å². The summed E-state index contributed by atoms with van der Waals surface area (Å²) in [5.41, 5.74) is 4.85. The third kappa shape index (κ3) is 3.28. The van der Waals surface area contributed by atoms with Gasteiger partial charge >= 0.3 is 0 Å². The Balaban J connectivity index is 1.83. The Labute approximate surface area is 214 Å². The van der Waals surface area contributed by atoms with E-state index < -0.39 is 5.54 Å². The van der Waals surface area contributed by atoms with Gasteiger partial charge in [-0.3, -0.25) is 4.79 Å². The van der Waals surface area contributed by atoms with E-state index in [1.54, 1.807) is 0 Å². The molecule has 0 saturated heterocycles. The van der Waals surface area contributed by atoms with Crippen molar-refractivity contribution >= 4 is 17.3 Å². The first-order chi connectivity index (χ1) is 17.5. The molecule has 0 bridgehead atoms. The number of hydrogen-bond acceptors (Lipinski definition) is 4. The predicted octanol–water partition coefficient (Wildman–Crippen LogP) is 5.87. The van der Waals surface area contributed by atoms with Gasteiger partial charge in [0.05, 0.1) is 6.54 Å². The zero-order valence-electron chi connectivity index (χ0n) is 21.5. The molecule has 2 heterocycles. The second-order valence-corrected chi connectivity index (χ2v) is 9.16. The van der Waals surface area contributed by atoms with E-state index in [-0.39, 0.29) is 12.5 Å². The SMILES string of the molecule is C#CCN1C(=O)c2ccccc2C12c1ccc(N(CC)CC)cc1Oc1cc(N(CC)CC)ccc12. The molecule has 184 valence electrons. The van der Waals surface area contributed by atoms with Gasteiger partial charge in [-0.1, -0.05) is 36.3 Å². The number of fused-ring (bicyclic) bond motifs is 6. The normalized spacial score (nSPS) is 14.5. The van der Waals surface area contributed by atoms with Crippen molar-refractivity contribution in [1.82, 2.24) is 4.90 Å². The molecule has 0 saturated carbocycles. The average molecular weight is 480 g/mol. The van der Waals surface area contributed by atoms with E-state index in [1.807, 2.05) is 23.1 Å². The first-order valence-corrected chi connectivity index (χ1v) is 12.9. The molecule has 3 aromatic rings. The molecule has 5 nitrogen and oxygen atoms in total. The second-order valence-electron chi connectivity index (χ2n) is 9.16. The van der Waals surface area contributed by atoms with Crippen LogP contribution in [-0.2, 0) is 5.54 Å². The van der Waals surface area contributed by atoms with Gasteiger partial charge in [-0.25, -0.2) is 0 Å². The third-order valence-corrected chi connectivity index (χ3v) is 7.63. The smallest absolute Gasteiger partial charge is 0.256 e. The first kappa shape index (κ1) is 23.8. The fourth-order valence-corrected chi connectivity index (χ4v) is 5.91. The van der Waals surface area contributed by atoms with Crippen LogP contribution in [0.5, 0.6) is 11.5 Å². The summed E-state index contributed by atoms with van der Waals surface area (Å²) in [5, 5.41) is 0. The quantitative estimate of drug-likeness (QED) is 0.398. The molecule has 0 N–H and O–H groups in total. The minimum atomic E-state index is -0.855. The average Bonchev–Trinajstić information content (AvgIpc) is 3.14. The molecule has 5 heteroatoms. The highest BCUT2D eigenvalue weighted by atomic mass is 16.5. The number of nitrogens with zero attached hydrogens (tertiary/aromatic N) is 3. The zero-order chi connectivity index (χ0) is 25.4. The Bertz CT molecular complexity index is 1290. The van der Waals surface area contributed by atoms with Crippen molar-refractivity contribution in [2.75, 3.05) is 42.5 Å². The topological polar surface area (TPSA) is 36.0 Å². The minimum absolute atomic E-state index is 0.0528. The number of ether oxygens (including phenoxy) is 1. The summed E-state index contributed by atoms with van der Waals surface area (Å²) in [6.07, 6.45) is 5.85. The van der Waals surface area contributed by atoms with Crippen LogP contribution in [0.2, 0.25) is 0 Å². The van der Waals surface area contributed by atoms with E-state index in [9.17, 15) is 4.79 Å².